The summed E-state index contributed by atoms with van der Waals surface area (Å²) in [5.41, 5.74) is 1.16. The van der Waals surface area contributed by atoms with E-state index in [1.807, 2.05) is 0 Å². The average Bonchev–Trinajstić information content (AvgIpc) is 2.15. The molecular formula is C9H9F4NS. The molecule has 0 aliphatic heterocycles. The van der Waals surface area contributed by atoms with Crippen molar-refractivity contribution in [3.63, 3.8) is 0 Å². The highest BCUT2D eigenvalue weighted by atomic mass is 32.2. The van der Waals surface area contributed by atoms with Crippen LogP contribution in [0.25, 0.3) is 0 Å². The summed E-state index contributed by atoms with van der Waals surface area (Å²) in [6, 6.07) is 4.67. The molecule has 6 heteroatoms. The maximum atomic E-state index is 12.3. The summed E-state index contributed by atoms with van der Waals surface area (Å²) in [5.74, 6) is 0. The molecule has 84 valence electrons. The van der Waals surface area contributed by atoms with Crippen LogP contribution in [0.4, 0.5) is 17.6 Å². The highest BCUT2D eigenvalue weighted by Crippen LogP contribution is 2.39. The van der Waals surface area contributed by atoms with E-state index in [2.05, 4.69) is 0 Å². The fourth-order valence-corrected chi connectivity index (χ4v) is 1.82. The van der Waals surface area contributed by atoms with Crippen LogP contribution in [-0.2, 0) is 0 Å². The Balaban J connectivity index is 2.96. The molecule has 1 nitrogen and oxygen atoms in total. The summed E-state index contributed by atoms with van der Waals surface area (Å²) in [6.07, 6.45) is 0. The van der Waals surface area contributed by atoms with Gasteiger partial charge in [-0.05, 0) is 23.4 Å². The number of nitrogens with two attached hydrogens (primary N) is 1. The van der Waals surface area contributed by atoms with E-state index in [0.29, 0.717) is 0 Å². The molecule has 1 atom stereocenters. The number of alkyl halides is 4. The average molecular weight is 239 g/mol. The quantitative estimate of drug-likeness (QED) is 0.647. The smallest absolute Gasteiger partial charge is 0.322 e. The zero-order chi connectivity index (χ0) is 11.5. The van der Waals surface area contributed by atoms with E-state index >= 15 is 0 Å². The second kappa shape index (κ2) is 4.85. The summed E-state index contributed by atoms with van der Waals surface area (Å²) >= 11 is -0.276. The first kappa shape index (κ1) is 12.3. The van der Waals surface area contributed by atoms with Gasteiger partial charge < -0.3 is 5.73 Å². The van der Waals surface area contributed by atoms with Gasteiger partial charge >= 0.3 is 5.51 Å². The molecule has 0 aliphatic rings. The number of halogens is 4. The highest BCUT2D eigenvalue weighted by molar-refractivity contribution is 8.00. The second-order valence-corrected chi connectivity index (χ2v) is 3.95. The topological polar surface area (TPSA) is 26.0 Å². The molecule has 2 N–H and O–H groups in total. The van der Waals surface area contributed by atoms with Gasteiger partial charge in [0.2, 0.25) is 0 Å². The molecule has 0 amide bonds. The molecule has 1 aromatic rings. The summed E-state index contributed by atoms with van der Waals surface area (Å²) in [4.78, 5) is -0.0462. The molecule has 0 bridgehead atoms. The van der Waals surface area contributed by atoms with Gasteiger partial charge in [0.05, 0.1) is 6.04 Å². The third kappa shape index (κ3) is 3.71. The van der Waals surface area contributed by atoms with E-state index in [1.54, 1.807) is 0 Å². The number of rotatable bonds is 3. The van der Waals surface area contributed by atoms with Crippen LogP contribution >= 0.6 is 11.8 Å². The van der Waals surface area contributed by atoms with Crippen LogP contribution in [0.2, 0.25) is 0 Å². The van der Waals surface area contributed by atoms with Crippen LogP contribution in [0.5, 0.6) is 0 Å². The maximum absolute atomic E-state index is 12.3. The highest BCUT2D eigenvalue weighted by Gasteiger charge is 2.30. The Kier molecular flexibility index (Phi) is 3.98. The van der Waals surface area contributed by atoms with E-state index in [0.717, 1.165) is 0 Å². The van der Waals surface area contributed by atoms with Gasteiger partial charge in [0.25, 0.3) is 0 Å². The zero-order valence-electron chi connectivity index (χ0n) is 7.59. The minimum Gasteiger partial charge on any atom is -0.322 e. The zero-order valence-corrected chi connectivity index (χ0v) is 8.41. The summed E-state index contributed by atoms with van der Waals surface area (Å²) < 4.78 is 48.6. The first-order chi connectivity index (χ1) is 6.94. The third-order valence-corrected chi connectivity index (χ3v) is 2.53. The lowest BCUT2D eigenvalue weighted by molar-refractivity contribution is -0.0328. The van der Waals surface area contributed by atoms with Crippen molar-refractivity contribution in [2.75, 3.05) is 6.67 Å². The molecular weight excluding hydrogens is 230 g/mol. The first-order valence-electron chi connectivity index (χ1n) is 4.10. The normalized spacial score (nSPS) is 13.9. The molecule has 0 saturated heterocycles. The van der Waals surface area contributed by atoms with E-state index in [1.165, 1.54) is 24.3 Å². The molecule has 1 aromatic carbocycles. The van der Waals surface area contributed by atoms with Crippen molar-refractivity contribution in [3.8, 4) is 0 Å². The van der Waals surface area contributed by atoms with Gasteiger partial charge in [0, 0.05) is 4.90 Å². The Labute approximate surface area is 88.7 Å². The monoisotopic (exact) mass is 239 g/mol. The van der Waals surface area contributed by atoms with Crippen molar-refractivity contribution in [2.45, 2.75) is 16.4 Å². The van der Waals surface area contributed by atoms with Crippen molar-refractivity contribution < 1.29 is 17.6 Å². The van der Waals surface area contributed by atoms with Crippen LogP contribution in [0.3, 0.4) is 0 Å². The lowest BCUT2D eigenvalue weighted by atomic mass is 10.1. The van der Waals surface area contributed by atoms with Gasteiger partial charge in [-0.1, -0.05) is 18.2 Å². The lowest BCUT2D eigenvalue weighted by Gasteiger charge is -2.14. The molecule has 1 rings (SSSR count). The lowest BCUT2D eigenvalue weighted by Crippen LogP contribution is -2.14. The molecule has 0 spiro atoms. The van der Waals surface area contributed by atoms with Gasteiger partial charge in [-0.3, -0.25) is 0 Å². The Morgan fingerprint density at radius 3 is 2.40 bits per heavy atom. The van der Waals surface area contributed by atoms with Crippen molar-refractivity contribution in [1.29, 1.82) is 0 Å². The molecule has 0 fully saturated rings. The van der Waals surface area contributed by atoms with Crippen molar-refractivity contribution >= 4 is 11.8 Å². The van der Waals surface area contributed by atoms with Gasteiger partial charge in [0.1, 0.15) is 6.67 Å². The predicted molar refractivity (Wildman–Crippen MR) is 51.3 cm³/mol. The summed E-state index contributed by atoms with van der Waals surface area (Å²) in [5, 5.41) is 0. The minimum absolute atomic E-state index is 0.0462. The van der Waals surface area contributed by atoms with Gasteiger partial charge in [-0.25, -0.2) is 4.39 Å². The summed E-state index contributed by atoms with van der Waals surface area (Å²) in [7, 11) is 0. The largest absolute Gasteiger partial charge is 0.446 e. The second-order valence-electron chi connectivity index (χ2n) is 2.85. The number of hydrogen-bond donors (Lipinski definition) is 1. The molecule has 0 radical (unpaired) electrons. The Bertz CT molecular complexity index is 326. The number of benzene rings is 1. The Morgan fingerprint density at radius 1 is 1.27 bits per heavy atom. The van der Waals surface area contributed by atoms with E-state index < -0.39 is 18.2 Å². The van der Waals surface area contributed by atoms with E-state index in [4.69, 9.17) is 5.73 Å². The fourth-order valence-electron chi connectivity index (χ4n) is 1.09. The van der Waals surface area contributed by atoms with Gasteiger partial charge in [0.15, 0.2) is 0 Å². The van der Waals surface area contributed by atoms with Crippen LogP contribution in [0, 0.1) is 0 Å². The molecule has 0 heterocycles. The van der Waals surface area contributed by atoms with Crippen LogP contribution < -0.4 is 5.73 Å². The predicted octanol–water partition coefficient (Wildman–Crippen LogP) is 3.27. The summed E-state index contributed by atoms with van der Waals surface area (Å²) in [6.45, 7) is -0.880. The Hall–Kier alpha value is -0.750. The van der Waals surface area contributed by atoms with Crippen LogP contribution in [-0.4, -0.2) is 12.2 Å². The standard InChI is InChI=1S/C9H9F4NS/c10-5-7(14)6-3-1-2-4-8(6)15-9(11,12)13/h1-4,7H,5,14H2/t7-/m1/s1. The molecule has 0 saturated carbocycles. The SMILES string of the molecule is N[C@H](CF)c1ccccc1SC(F)(F)F. The van der Waals surface area contributed by atoms with Crippen LogP contribution in [0.1, 0.15) is 11.6 Å². The van der Waals surface area contributed by atoms with Gasteiger partial charge in [-0.15, -0.1) is 0 Å². The van der Waals surface area contributed by atoms with E-state index in [9.17, 15) is 17.6 Å². The third-order valence-electron chi connectivity index (χ3n) is 1.71. The number of hydrogen-bond acceptors (Lipinski definition) is 2. The number of thioether (sulfide) groups is 1. The fraction of sp³-hybridized carbons (Fsp3) is 0.333. The molecule has 0 aromatic heterocycles. The molecule has 0 aliphatic carbocycles. The molecule has 15 heavy (non-hydrogen) atoms. The van der Waals surface area contributed by atoms with Crippen molar-refractivity contribution in [2.24, 2.45) is 5.73 Å². The van der Waals surface area contributed by atoms with Crippen molar-refractivity contribution in [1.82, 2.24) is 0 Å². The van der Waals surface area contributed by atoms with Crippen molar-refractivity contribution in [3.05, 3.63) is 29.8 Å². The Morgan fingerprint density at radius 2 is 1.87 bits per heavy atom. The van der Waals surface area contributed by atoms with E-state index in [-0.39, 0.29) is 22.2 Å². The first-order valence-corrected chi connectivity index (χ1v) is 4.92. The maximum Gasteiger partial charge on any atom is 0.446 e. The minimum atomic E-state index is -4.38. The van der Waals surface area contributed by atoms with Gasteiger partial charge in [-0.2, -0.15) is 13.2 Å². The molecule has 0 unspecified atom stereocenters. The van der Waals surface area contributed by atoms with Crippen LogP contribution in [0.15, 0.2) is 29.2 Å².